The van der Waals surface area contributed by atoms with Crippen molar-refractivity contribution in [3.8, 4) is 11.4 Å². The maximum absolute atomic E-state index is 12.4. The Bertz CT molecular complexity index is 933. The standard InChI is InChI=1S/C22H29ClN6O2.HI/c1-24-22(27-18-7-3-5-15(13-18)21(30)26-17-8-9-17)25-11-10-19-28-20(29-31-19)14-4-2-6-16(23)12-14;/h2,4,6,12,15,17-18H,3,5,7-11,13H2,1H3,(H,26,30)(H2,24,25,27);1H. The van der Waals surface area contributed by atoms with E-state index in [-0.39, 0.29) is 41.8 Å². The first-order chi connectivity index (χ1) is 15.1. The predicted molar refractivity (Wildman–Crippen MR) is 135 cm³/mol. The highest BCUT2D eigenvalue weighted by molar-refractivity contribution is 14.0. The molecule has 0 radical (unpaired) electrons. The van der Waals surface area contributed by atoms with Crippen molar-refractivity contribution in [3.63, 3.8) is 0 Å². The molecule has 2 aliphatic carbocycles. The summed E-state index contributed by atoms with van der Waals surface area (Å²) in [5.41, 5.74) is 0.825. The predicted octanol–water partition coefficient (Wildman–Crippen LogP) is 3.55. The minimum absolute atomic E-state index is 0. The van der Waals surface area contributed by atoms with E-state index in [9.17, 15) is 4.79 Å². The second-order valence-electron chi connectivity index (χ2n) is 8.26. The molecule has 8 nitrogen and oxygen atoms in total. The van der Waals surface area contributed by atoms with Gasteiger partial charge in [0, 0.05) is 48.6 Å². The number of amides is 1. The molecular formula is C22H30ClIN6O2. The molecule has 2 aromatic rings. The first-order valence-electron chi connectivity index (χ1n) is 11.0. The summed E-state index contributed by atoms with van der Waals surface area (Å²) in [7, 11) is 1.75. The SMILES string of the molecule is CN=C(NCCc1nc(-c2cccc(Cl)c2)no1)NC1CCCC(C(=O)NC2CC2)C1.I. The van der Waals surface area contributed by atoms with Gasteiger partial charge in [-0.1, -0.05) is 35.3 Å². The Balaban J connectivity index is 0.00000289. The summed E-state index contributed by atoms with van der Waals surface area (Å²) in [6.45, 7) is 0.606. The van der Waals surface area contributed by atoms with Crippen molar-refractivity contribution in [1.82, 2.24) is 26.1 Å². The topological polar surface area (TPSA) is 104 Å². The maximum atomic E-state index is 12.4. The van der Waals surface area contributed by atoms with Gasteiger partial charge in [0.2, 0.25) is 17.6 Å². The number of carbonyl (C=O) groups is 1. The van der Waals surface area contributed by atoms with E-state index < -0.39 is 0 Å². The molecule has 1 heterocycles. The van der Waals surface area contributed by atoms with Crippen molar-refractivity contribution < 1.29 is 9.32 Å². The molecule has 0 saturated heterocycles. The second-order valence-corrected chi connectivity index (χ2v) is 8.70. The molecule has 0 spiro atoms. The van der Waals surface area contributed by atoms with Crippen LogP contribution < -0.4 is 16.0 Å². The number of nitrogens with zero attached hydrogens (tertiary/aromatic N) is 3. The molecule has 2 atom stereocenters. The Morgan fingerprint density at radius 3 is 2.81 bits per heavy atom. The van der Waals surface area contributed by atoms with Crippen LogP contribution in [0.5, 0.6) is 0 Å². The third-order valence-electron chi connectivity index (χ3n) is 5.72. The second kappa shape index (κ2) is 11.8. The summed E-state index contributed by atoms with van der Waals surface area (Å²) in [5.74, 6) is 2.10. The fourth-order valence-electron chi connectivity index (χ4n) is 3.88. The summed E-state index contributed by atoms with van der Waals surface area (Å²) >= 11 is 6.03. The highest BCUT2D eigenvalue weighted by Crippen LogP contribution is 2.26. The van der Waals surface area contributed by atoms with Crippen LogP contribution in [0.2, 0.25) is 5.02 Å². The van der Waals surface area contributed by atoms with Gasteiger partial charge in [0.25, 0.3) is 0 Å². The van der Waals surface area contributed by atoms with Gasteiger partial charge >= 0.3 is 0 Å². The van der Waals surface area contributed by atoms with E-state index in [4.69, 9.17) is 16.1 Å². The fourth-order valence-corrected chi connectivity index (χ4v) is 4.07. The molecule has 1 aromatic heterocycles. The van der Waals surface area contributed by atoms with E-state index in [1.54, 1.807) is 7.05 Å². The molecule has 2 fully saturated rings. The van der Waals surface area contributed by atoms with Crippen LogP contribution in [-0.2, 0) is 11.2 Å². The first kappa shape index (κ1) is 24.8. The molecule has 2 unspecified atom stereocenters. The molecule has 1 aromatic carbocycles. The van der Waals surface area contributed by atoms with Crippen LogP contribution in [-0.4, -0.2) is 47.7 Å². The lowest BCUT2D eigenvalue weighted by Crippen LogP contribution is -2.47. The van der Waals surface area contributed by atoms with Gasteiger partial charge in [-0.05, 0) is 44.2 Å². The number of rotatable bonds is 7. The number of guanidine groups is 1. The number of halogens is 2. The normalized spacial score (nSPS) is 20.9. The maximum Gasteiger partial charge on any atom is 0.228 e. The summed E-state index contributed by atoms with van der Waals surface area (Å²) in [4.78, 5) is 21.1. The zero-order valence-corrected chi connectivity index (χ0v) is 21.2. The van der Waals surface area contributed by atoms with E-state index in [2.05, 4.69) is 31.1 Å². The van der Waals surface area contributed by atoms with Crippen molar-refractivity contribution >= 4 is 47.4 Å². The fraction of sp³-hybridized carbons (Fsp3) is 0.545. The Morgan fingerprint density at radius 1 is 1.22 bits per heavy atom. The average molecular weight is 573 g/mol. The number of aromatic nitrogens is 2. The van der Waals surface area contributed by atoms with E-state index in [1.807, 2.05) is 24.3 Å². The van der Waals surface area contributed by atoms with Gasteiger partial charge in [0.15, 0.2) is 5.96 Å². The van der Waals surface area contributed by atoms with Crippen molar-refractivity contribution in [2.45, 2.75) is 57.0 Å². The smallest absolute Gasteiger partial charge is 0.228 e. The third-order valence-corrected chi connectivity index (χ3v) is 5.95. The summed E-state index contributed by atoms with van der Waals surface area (Å²) in [5, 5.41) is 14.6. The Morgan fingerprint density at radius 2 is 2.06 bits per heavy atom. The molecule has 0 aliphatic heterocycles. The van der Waals surface area contributed by atoms with Crippen molar-refractivity contribution in [2.24, 2.45) is 10.9 Å². The largest absolute Gasteiger partial charge is 0.356 e. The van der Waals surface area contributed by atoms with Crippen LogP contribution in [0.3, 0.4) is 0 Å². The van der Waals surface area contributed by atoms with Gasteiger partial charge in [-0.15, -0.1) is 24.0 Å². The molecule has 10 heteroatoms. The van der Waals surface area contributed by atoms with Crippen LogP contribution in [0.15, 0.2) is 33.8 Å². The molecule has 3 N–H and O–H groups in total. The van der Waals surface area contributed by atoms with Crippen LogP contribution >= 0.6 is 35.6 Å². The summed E-state index contributed by atoms with van der Waals surface area (Å²) in [6, 6.07) is 8.03. The minimum Gasteiger partial charge on any atom is -0.356 e. The lowest BCUT2D eigenvalue weighted by Gasteiger charge is -2.30. The molecule has 2 saturated carbocycles. The molecule has 32 heavy (non-hydrogen) atoms. The third kappa shape index (κ3) is 7.06. The molecule has 0 bridgehead atoms. The molecule has 4 rings (SSSR count). The Labute approximate surface area is 210 Å². The minimum atomic E-state index is 0. The quantitative estimate of drug-likeness (QED) is 0.266. The van der Waals surface area contributed by atoms with Gasteiger partial charge in [0.05, 0.1) is 0 Å². The lowest BCUT2D eigenvalue weighted by atomic mass is 9.85. The number of benzene rings is 1. The zero-order valence-electron chi connectivity index (χ0n) is 18.1. The van der Waals surface area contributed by atoms with Crippen LogP contribution in [0.4, 0.5) is 0 Å². The number of hydrogen-bond donors (Lipinski definition) is 3. The van der Waals surface area contributed by atoms with Gasteiger partial charge < -0.3 is 20.5 Å². The highest BCUT2D eigenvalue weighted by Gasteiger charge is 2.31. The van der Waals surface area contributed by atoms with E-state index in [0.29, 0.717) is 35.7 Å². The van der Waals surface area contributed by atoms with E-state index in [1.165, 1.54) is 0 Å². The molecule has 2 aliphatic rings. The van der Waals surface area contributed by atoms with E-state index >= 15 is 0 Å². The van der Waals surface area contributed by atoms with Gasteiger partial charge in [0.1, 0.15) is 0 Å². The monoisotopic (exact) mass is 572 g/mol. The van der Waals surface area contributed by atoms with Gasteiger partial charge in [-0.2, -0.15) is 4.98 Å². The van der Waals surface area contributed by atoms with Crippen molar-refractivity contribution in [3.05, 3.63) is 35.2 Å². The number of hydrogen-bond acceptors (Lipinski definition) is 5. The molecule has 174 valence electrons. The number of aliphatic imine (C=N–C) groups is 1. The number of carbonyl (C=O) groups excluding carboxylic acids is 1. The number of nitrogens with one attached hydrogen (secondary N) is 3. The first-order valence-corrected chi connectivity index (χ1v) is 11.3. The molecular weight excluding hydrogens is 543 g/mol. The summed E-state index contributed by atoms with van der Waals surface area (Å²) < 4.78 is 5.35. The Hall–Kier alpha value is -1.88. The van der Waals surface area contributed by atoms with Gasteiger partial charge in [-0.3, -0.25) is 9.79 Å². The van der Waals surface area contributed by atoms with Crippen molar-refractivity contribution in [1.29, 1.82) is 0 Å². The summed E-state index contributed by atoms with van der Waals surface area (Å²) in [6.07, 6.45) is 6.72. The lowest BCUT2D eigenvalue weighted by molar-refractivity contribution is -0.126. The highest BCUT2D eigenvalue weighted by atomic mass is 127. The van der Waals surface area contributed by atoms with E-state index in [0.717, 1.165) is 50.0 Å². The van der Waals surface area contributed by atoms with Crippen LogP contribution in [0.25, 0.3) is 11.4 Å². The van der Waals surface area contributed by atoms with Crippen LogP contribution in [0, 0.1) is 5.92 Å². The average Bonchev–Trinajstić information content (AvgIpc) is 3.46. The van der Waals surface area contributed by atoms with Gasteiger partial charge in [-0.25, -0.2) is 0 Å². The van der Waals surface area contributed by atoms with Crippen molar-refractivity contribution in [2.75, 3.05) is 13.6 Å². The Kier molecular flexibility index (Phi) is 9.15. The van der Waals surface area contributed by atoms with Crippen LogP contribution in [0.1, 0.15) is 44.4 Å². The zero-order chi connectivity index (χ0) is 21.6. The molecule has 1 amide bonds.